The fraction of sp³-hybridized carbons (Fsp3) is 0.455. The number of aliphatic hydroxyl groups is 1. The van der Waals surface area contributed by atoms with Crippen LogP contribution in [-0.4, -0.2) is 26.2 Å². The molecule has 0 saturated heterocycles. The van der Waals surface area contributed by atoms with E-state index in [2.05, 4.69) is 20.7 Å². The van der Waals surface area contributed by atoms with Crippen LogP contribution < -0.4 is 4.72 Å². The molecule has 0 bridgehead atoms. The van der Waals surface area contributed by atoms with Crippen LogP contribution in [0.15, 0.2) is 33.6 Å². The average Bonchev–Trinajstić information content (AvgIpc) is 2.28. The number of hydrogen-bond acceptors (Lipinski definition) is 3. The van der Waals surface area contributed by atoms with Gasteiger partial charge < -0.3 is 5.11 Å². The van der Waals surface area contributed by atoms with Crippen molar-refractivity contribution in [2.45, 2.75) is 30.7 Å². The van der Waals surface area contributed by atoms with Crippen LogP contribution in [0.3, 0.4) is 0 Å². The molecule has 1 unspecified atom stereocenters. The van der Waals surface area contributed by atoms with Crippen molar-refractivity contribution in [3.63, 3.8) is 0 Å². The molecule has 0 amide bonds. The number of nitrogens with one attached hydrogen (secondary N) is 1. The fourth-order valence-electron chi connectivity index (χ4n) is 1.45. The first-order valence-electron chi connectivity index (χ1n) is 5.39. The smallest absolute Gasteiger partial charge is 0.241 e. The Labute approximate surface area is 110 Å². The third-order valence-electron chi connectivity index (χ3n) is 2.42. The molecule has 1 aromatic carbocycles. The third kappa shape index (κ3) is 4.06. The molecule has 4 nitrogen and oxygen atoms in total. The number of aliphatic hydroxyl groups excluding tert-OH is 1. The summed E-state index contributed by atoms with van der Waals surface area (Å²) in [6.45, 7) is 1.85. The van der Waals surface area contributed by atoms with Gasteiger partial charge in [-0.1, -0.05) is 19.1 Å². The molecule has 2 N–H and O–H groups in total. The van der Waals surface area contributed by atoms with Gasteiger partial charge in [-0.2, -0.15) is 0 Å². The van der Waals surface area contributed by atoms with Crippen LogP contribution >= 0.6 is 15.9 Å². The Morgan fingerprint density at radius 3 is 2.59 bits per heavy atom. The van der Waals surface area contributed by atoms with E-state index in [-0.39, 0.29) is 17.5 Å². The van der Waals surface area contributed by atoms with E-state index in [1.165, 1.54) is 6.07 Å². The molecule has 1 aromatic rings. The predicted octanol–water partition coefficient (Wildman–Crippen LogP) is 1.89. The van der Waals surface area contributed by atoms with Crippen LogP contribution in [0.5, 0.6) is 0 Å². The van der Waals surface area contributed by atoms with Crippen molar-refractivity contribution >= 4 is 26.0 Å². The Bertz CT molecular complexity index is 462. The largest absolute Gasteiger partial charge is 0.396 e. The summed E-state index contributed by atoms with van der Waals surface area (Å²) < 4.78 is 27.3. The van der Waals surface area contributed by atoms with E-state index >= 15 is 0 Å². The Morgan fingerprint density at radius 2 is 2.06 bits per heavy atom. The van der Waals surface area contributed by atoms with Gasteiger partial charge in [0.1, 0.15) is 0 Å². The topological polar surface area (TPSA) is 66.4 Å². The lowest BCUT2D eigenvalue weighted by atomic mass is 10.2. The van der Waals surface area contributed by atoms with E-state index in [0.29, 0.717) is 17.3 Å². The van der Waals surface area contributed by atoms with Gasteiger partial charge in [-0.15, -0.1) is 0 Å². The van der Waals surface area contributed by atoms with Gasteiger partial charge in [-0.05, 0) is 40.9 Å². The van der Waals surface area contributed by atoms with Gasteiger partial charge >= 0.3 is 0 Å². The van der Waals surface area contributed by atoms with Crippen LogP contribution in [0, 0.1) is 0 Å². The van der Waals surface area contributed by atoms with Crippen LogP contribution in [-0.2, 0) is 10.0 Å². The van der Waals surface area contributed by atoms with E-state index < -0.39 is 10.0 Å². The van der Waals surface area contributed by atoms with Crippen LogP contribution in [0.1, 0.15) is 19.8 Å². The van der Waals surface area contributed by atoms with E-state index in [4.69, 9.17) is 5.11 Å². The lowest BCUT2D eigenvalue weighted by Gasteiger charge is -2.16. The maximum absolute atomic E-state index is 12.1. The zero-order valence-electron chi connectivity index (χ0n) is 9.56. The summed E-state index contributed by atoms with van der Waals surface area (Å²) in [6, 6.07) is 6.41. The minimum absolute atomic E-state index is 0.0308. The van der Waals surface area contributed by atoms with Crippen molar-refractivity contribution in [1.29, 1.82) is 0 Å². The van der Waals surface area contributed by atoms with Crippen molar-refractivity contribution in [2.24, 2.45) is 0 Å². The van der Waals surface area contributed by atoms with Gasteiger partial charge in [-0.3, -0.25) is 0 Å². The Kier molecular flexibility index (Phi) is 5.58. The molecule has 0 radical (unpaired) electrons. The summed E-state index contributed by atoms with van der Waals surface area (Å²) in [7, 11) is -3.53. The first-order valence-corrected chi connectivity index (χ1v) is 7.66. The fourth-order valence-corrected chi connectivity index (χ4v) is 3.80. The van der Waals surface area contributed by atoms with E-state index in [9.17, 15) is 8.42 Å². The van der Waals surface area contributed by atoms with E-state index in [1.807, 2.05) is 6.92 Å². The highest BCUT2D eigenvalue weighted by Gasteiger charge is 2.20. The first kappa shape index (κ1) is 14.6. The number of rotatable bonds is 6. The molecule has 17 heavy (non-hydrogen) atoms. The second-order valence-electron chi connectivity index (χ2n) is 3.67. The minimum atomic E-state index is -3.53. The molecular formula is C11H16BrNO3S. The highest BCUT2D eigenvalue weighted by Crippen LogP contribution is 2.21. The Hall–Kier alpha value is -0.430. The lowest BCUT2D eigenvalue weighted by Crippen LogP contribution is -2.35. The first-order chi connectivity index (χ1) is 8.01. The molecule has 0 fully saturated rings. The number of sulfonamides is 1. The van der Waals surface area contributed by atoms with Crippen molar-refractivity contribution in [1.82, 2.24) is 4.72 Å². The van der Waals surface area contributed by atoms with Crippen molar-refractivity contribution in [3.8, 4) is 0 Å². The summed E-state index contributed by atoms with van der Waals surface area (Å²) in [5, 5.41) is 8.85. The van der Waals surface area contributed by atoms with Crippen LogP contribution in [0.4, 0.5) is 0 Å². The van der Waals surface area contributed by atoms with Crippen molar-refractivity contribution in [3.05, 3.63) is 28.7 Å². The van der Waals surface area contributed by atoms with E-state index in [1.54, 1.807) is 18.2 Å². The number of benzene rings is 1. The molecule has 6 heteroatoms. The average molecular weight is 322 g/mol. The van der Waals surface area contributed by atoms with Crippen LogP contribution in [0.25, 0.3) is 0 Å². The van der Waals surface area contributed by atoms with Gasteiger partial charge in [0.05, 0.1) is 4.90 Å². The normalized spacial score (nSPS) is 13.6. The molecule has 0 aromatic heterocycles. The highest BCUT2D eigenvalue weighted by molar-refractivity contribution is 9.10. The SMILES string of the molecule is CCC(CCO)NS(=O)(=O)c1ccccc1Br. The second kappa shape index (κ2) is 6.49. The monoisotopic (exact) mass is 321 g/mol. The second-order valence-corrected chi connectivity index (χ2v) is 6.21. The molecule has 1 atom stereocenters. The number of hydrogen-bond donors (Lipinski definition) is 2. The van der Waals surface area contributed by atoms with Gasteiger partial charge in [0.25, 0.3) is 0 Å². The Morgan fingerprint density at radius 1 is 1.41 bits per heavy atom. The molecule has 0 saturated carbocycles. The molecule has 0 aliphatic heterocycles. The van der Waals surface area contributed by atoms with Crippen molar-refractivity contribution < 1.29 is 13.5 Å². The highest BCUT2D eigenvalue weighted by atomic mass is 79.9. The predicted molar refractivity (Wildman–Crippen MR) is 70.2 cm³/mol. The maximum Gasteiger partial charge on any atom is 0.241 e. The molecule has 1 rings (SSSR count). The molecule has 0 spiro atoms. The molecule has 96 valence electrons. The Balaban J connectivity index is 2.92. The van der Waals surface area contributed by atoms with E-state index in [0.717, 1.165) is 0 Å². The summed E-state index contributed by atoms with van der Waals surface area (Å²) in [6.07, 6.45) is 1.06. The summed E-state index contributed by atoms with van der Waals surface area (Å²) in [5.74, 6) is 0. The number of halogens is 1. The minimum Gasteiger partial charge on any atom is -0.396 e. The third-order valence-corrected chi connectivity index (χ3v) is 4.95. The molecule has 0 aliphatic carbocycles. The maximum atomic E-state index is 12.1. The molecule has 0 heterocycles. The summed E-state index contributed by atoms with van der Waals surface area (Å²) in [4.78, 5) is 0.219. The standard InChI is InChI=1S/C11H16BrNO3S/c1-2-9(7-8-14)13-17(15,16)11-6-4-3-5-10(11)12/h3-6,9,13-14H,2,7-8H2,1H3. The zero-order valence-corrected chi connectivity index (χ0v) is 12.0. The van der Waals surface area contributed by atoms with Gasteiger partial charge in [0.15, 0.2) is 0 Å². The lowest BCUT2D eigenvalue weighted by molar-refractivity contribution is 0.270. The summed E-state index contributed by atoms with van der Waals surface area (Å²) in [5.41, 5.74) is 0. The molecular weight excluding hydrogens is 306 g/mol. The van der Waals surface area contributed by atoms with Crippen molar-refractivity contribution in [2.75, 3.05) is 6.61 Å². The van der Waals surface area contributed by atoms with Crippen LogP contribution in [0.2, 0.25) is 0 Å². The van der Waals surface area contributed by atoms with Gasteiger partial charge in [0.2, 0.25) is 10.0 Å². The van der Waals surface area contributed by atoms with Gasteiger partial charge in [0, 0.05) is 17.1 Å². The molecule has 0 aliphatic rings. The quantitative estimate of drug-likeness (QED) is 0.840. The van der Waals surface area contributed by atoms with Gasteiger partial charge in [-0.25, -0.2) is 13.1 Å². The zero-order chi connectivity index (χ0) is 12.9. The summed E-state index contributed by atoms with van der Waals surface area (Å²) >= 11 is 3.21.